The van der Waals surface area contributed by atoms with E-state index in [1.165, 1.54) is 0 Å². The van der Waals surface area contributed by atoms with Crippen molar-refractivity contribution in [1.29, 1.82) is 0 Å². The number of rotatable bonds is 7. The first-order valence-electron chi connectivity index (χ1n) is 10.1. The first-order valence-corrected chi connectivity index (χ1v) is 10.1. The minimum absolute atomic E-state index is 0.0321. The van der Waals surface area contributed by atoms with Crippen molar-refractivity contribution in [3.63, 3.8) is 0 Å². The Hall–Kier alpha value is -2.81. The number of oxime groups is 1. The second-order valence-corrected chi connectivity index (χ2v) is 7.58. The molecule has 4 rings (SSSR count). The highest BCUT2D eigenvalue weighted by atomic mass is 16.6. The van der Waals surface area contributed by atoms with Crippen LogP contribution in [-0.4, -0.2) is 78.2 Å². The topological polar surface area (TPSA) is 83.3 Å². The van der Waals surface area contributed by atoms with Crippen LogP contribution >= 0.6 is 0 Å². The van der Waals surface area contributed by atoms with Crippen LogP contribution in [-0.2, 0) is 16.2 Å². The van der Waals surface area contributed by atoms with Gasteiger partial charge in [-0.15, -0.1) is 0 Å². The summed E-state index contributed by atoms with van der Waals surface area (Å²) in [5.74, 6) is 0.661. The number of aliphatic hydroxyl groups excluding tert-OH is 1. The van der Waals surface area contributed by atoms with Gasteiger partial charge in [0.15, 0.2) is 0 Å². The van der Waals surface area contributed by atoms with Gasteiger partial charge >= 0.3 is 0 Å². The van der Waals surface area contributed by atoms with E-state index in [1.807, 2.05) is 23.1 Å². The van der Waals surface area contributed by atoms with Crippen molar-refractivity contribution in [3.05, 3.63) is 48.3 Å². The van der Waals surface area contributed by atoms with Gasteiger partial charge < -0.3 is 24.5 Å². The van der Waals surface area contributed by atoms with E-state index in [2.05, 4.69) is 33.7 Å². The normalized spacial score (nSPS) is 19.3. The average molecular weight is 409 g/mol. The summed E-state index contributed by atoms with van der Waals surface area (Å²) in [6, 6.07) is 5.78. The molecule has 30 heavy (non-hydrogen) atoms. The second-order valence-electron chi connectivity index (χ2n) is 7.58. The number of benzene rings is 1. The van der Waals surface area contributed by atoms with Crippen LogP contribution in [0.3, 0.4) is 0 Å². The monoisotopic (exact) mass is 409 g/mol. The lowest BCUT2D eigenvalue weighted by atomic mass is 9.97. The Balaban J connectivity index is 1.32. The molecule has 0 bridgehead atoms. The molecule has 2 aromatic rings. The summed E-state index contributed by atoms with van der Waals surface area (Å²) < 4.78 is 5.66. The van der Waals surface area contributed by atoms with Gasteiger partial charge in [0.2, 0.25) is 5.95 Å². The molecule has 0 saturated carbocycles. The predicted molar refractivity (Wildman–Crippen MR) is 116 cm³/mol. The maximum absolute atomic E-state index is 9.53. The van der Waals surface area contributed by atoms with Gasteiger partial charge in [0.1, 0.15) is 12.7 Å². The lowest BCUT2D eigenvalue weighted by Crippen LogP contribution is -2.48. The summed E-state index contributed by atoms with van der Waals surface area (Å²) in [5.41, 5.74) is 4.55. The summed E-state index contributed by atoms with van der Waals surface area (Å²) in [6.07, 6.45) is 5.43. The molecule has 2 saturated heterocycles. The fourth-order valence-electron chi connectivity index (χ4n) is 3.64. The van der Waals surface area contributed by atoms with Gasteiger partial charge in [-0.1, -0.05) is 36.0 Å². The standard InChI is InChI=1S/C22H27N5O3/c1-3-20-16(14-28)5-4-6-21(20)17-9-23-22(24-10-17)27-11-18(12-27)25-30-15-19-13-26(2)7-8-29-19/h3-6,9-10,19,28H,1,7-8,11-15H2,2H3. The number of morpholine rings is 1. The van der Waals surface area contributed by atoms with Crippen LogP contribution in [0.5, 0.6) is 0 Å². The number of hydrogen-bond acceptors (Lipinski definition) is 8. The molecule has 2 fully saturated rings. The van der Waals surface area contributed by atoms with Crippen molar-refractivity contribution in [2.24, 2.45) is 5.16 Å². The van der Waals surface area contributed by atoms with Gasteiger partial charge in [0.25, 0.3) is 0 Å². The van der Waals surface area contributed by atoms with Gasteiger partial charge in [-0.3, -0.25) is 0 Å². The van der Waals surface area contributed by atoms with Crippen LogP contribution in [0.4, 0.5) is 5.95 Å². The highest BCUT2D eigenvalue weighted by molar-refractivity contribution is 5.98. The van der Waals surface area contributed by atoms with E-state index < -0.39 is 0 Å². The Morgan fingerprint density at radius 2 is 2.13 bits per heavy atom. The van der Waals surface area contributed by atoms with Crippen LogP contribution in [0.1, 0.15) is 11.1 Å². The van der Waals surface area contributed by atoms with Crippen LogP contribution in [0.2, 0.25) is 0 Å². The number of ether oxygens (including phenoxy) is 1. The van der Waals surface area contributed by atoms with E-state index >= 15 is 0 Å². The van der Waals surface area contributed by atoms with E-state index in [-0.39, 0.29) is 12.7 Å². The Labute approximate surface area is 176 Å². The van der Waals surface area contributed by atoms with E-state index in [9.17, 15) is 5.11 Å². The maximum atomic E-state index is 9.53. The molecule has 0 aliphatic carbocycles. The van der Waals surface area contributed by atoms with Crippen molar-refractivity contribution in [2.45, 2.75) is 12.7 Å². The molecule has 8 heteroatoms. The molecule has 8 nitrogen and oxygen atoms in total. The zero-order valence-corrected chi connectivity index (χ0v) is 17.2. The van der Waals surface area contributed by atoms with Gasteiger partial charge in [0, 0.05) is 31.0 Å². The summed E-state index contributed by atoms with van der Waals surface area (Å²) in [5, 5.41) is 13.8. The van der Waals surface area contributed by atoms with Crippen LogP contribution < -0.4 is 4.90 Å². The molecule has 158 valence electrons. The number of aliphatic hydroxyl groups is 1. The van der Waals surface area contributed by atoms with Crippen LogP contribution in [0, 0.1) is 0 Å². The molecule has 1 N–H and O–H groups in total. The second kappa shape index (κ2) is 9.34. The molecule has 1 atom stereocenters. The molecule has 1 unspecified atom stereocenters. The van der Waals surface area contributed by atoms with Gasteiger partial charge in [-0.2, -0.15) is 0 Å². The molecular weight excluding hydrogens is 382 g/mol. The minimum Gasteiger partial charge on any atom is -0.393 e. The van der Waals surface area contributed by atoms with Crippen molar-refractivity contribution >= 4 is 17.7 Å². The summed E-state index contributed by atoms with van der Waals surface area (Å²) in [7, 11) is 2.08. The Morgan fingerprint density at radius 3 is 2.83 bits per heavy atom. The SMILES string of the molecule is C=Cc1c(CO)cccc1-c1cnc(N2CC(=NOCC3CN(C)CCO3)C2)nc1. The summed E-state index contributed by atoms with van der Waals surface area (Å²) in [6.45, 7) is 8.18. The minimum atomic E-state index is -0.0321. The molecule has 0 radical (unpaired) electrons. The smallest absolute Gasteiger partial charge is 0.225 e. The summed E-state index contributed by atoms with van der Waals surface area (Å²) in [4.78, 5) is 18.7. The molecule has 0 amide bonds. The molecule has 0 spiro atoms. The van der Waals surface area contributed by atoms with E-state index in [4.69, 9.17) is 9.57 Å². The van der Waals surface area contributed by atoms with Gasteiger partial charge in [-0.25, -0.2) is 9.97 Å². The molecule has 2 aliphatic heterocycles. The zero-order chi connectivity index (χ0) is 20.9. The molecule has 1 aromatic heterocycles. The fraction of sp³-hybridized carbons (Fsp3) is 0.409. The first-order chi connectivity index (χ1) is 14.7. The molecular formula is C22H27N5O3. The number of hydrogen-bond donors (Lipinski definition) is 1. The van der Waals surface area contributed by atoms with E-state index in [0.717, 1.165) is 47.7 Å². The Morgan fingerprint density at radius 1 is 1.33 bits per heavy atom. The van der Waals surface area contributed by atoms with Crippen molar-refractivity contribution in [3.8, 4) is 11.1 Å². The van der Waals surface area contributed by atoms with Crippen molar-refractivity contribution in [1.82, 2.24) is 14.9 Å². The number of likely N-dealkylation sites (N-methyl/N-ethyl adjacent to an activating group) is 1. The van der Waals surface area contributed by atoms with Gasteiger partial charge in [-0.05, 0) is 23.7 Å². The molecule has 2 aliphatic rings. The number of aromatic nitrogens is 2. The number of nitrogens with zero attached hydrogens (tertiary/aromatic N) is 5. The maximum Gasteiger partial charge on any atom is 0.225 e. The van der Waals surface area contributed by atoms with Crippen molar-refractivity contribution < 1.29 is 14.7 Å². The summed E-state index contributed by atoms with van der Waals surface area (Å²) >= 11 is 0. The first kappa shape index (κ1) is 20.5. The fourth-order valence-corrected chi connectivity index (χ4v) is 3.64. The van der Waals surface area contributed by atoms with E-state index in [0.29, 0.717) is 25.6 Å². The molecule has 1 aromatic carbocycles. The lowest BCUT2D eigenvalue weighted by Gasteiger charge is -2.32. The Kier molecular flexibility index (Phi) is 6.37. The van der Waals surface area contributed by atoms with Crippen molar-refractivity contribution in [2.75, 3.05) is 51.3 Å². The van der Waals surface area contributed by atoms with Gasteiger partial charge in [0.05, 0.1) is 32.0 Å². The third-order valence-electron chi connectivity index (χ3n) is 5.35. The third kappa shape index (κ3) is 4.51. The zero-order valence-electron chi connectivity index (χ0n) is 17.2. The highest BCUT2D eigenvalue weighted by Crippen LogP contribution is 2.27. The number of anilines is 1. The van der Waals surface area contributed by atoms with E-state index in [1.54, 1.807) is 18.5 Å². The average Bonchev–Trinajstić information content (AvgIpc) is 2.75. The highest BCUT2D eigenvalue weighted by Gasteiger charge is 2.25. The lowest BCUT2D eigenvalue weighted by molar-refractivity contribution is -0.0626. The van der Waals surface area contributed by atoms with Crippen LogP contribution in [0.15, 0.2) is 42.3 Å². The third-order valence-corrected chi connectivity index (χ3v) is 5.35. The Bertz CT molecular complexity index is 907. The largest absolute Gasteiger partial charge is 0.393 e. The predicted octanol–water partition coefficient (Wildman–Crippen LogP) is 1.80. The van der Waals surface area contributed by atoms with Crippen LogP contribution in [0.25, 0.3) is 17.2 Å². The molecule has 3 heterocycles. The quantitative estimate of drug-likeness (QED) is 0.698.